The molecule has 2 N–H and O–H groups in total. The number of nitrogens with zero attached hydrogens (tertiary/aromatic N) is 6. The molecule has 1 aliphatic rings. The van der Waals surface area contributed by atoms with E-state index in [2.05, 4.69) is 17.2 Å². The van der Waals surface area contributed by atoms with E-state index < -0.39 is 15.4 Å². The van der Waals surface area contributed by atoms with Crippen LogP contribution in [0, 0.1) is 22.7 Å². The summed E-state index contributed by atoms with van der Waals surface area (Å²) in [6.45, 7) is 1.07. The Hall–Kier alpha value is -4.45. The van der Waals surface area contributed by atoms with Crippen molar-refractivity contribution >= 4 is 21.3 Å². The number of benzene rings is 2. The van der Waals surface area contributed by atoms with Crippen LogP contribution in [-0.2, 0) is 16.4 Å². The normalized spacial score (nSPS) is 15.9. The maximum atomic E-state index is 13.8. The van der Waals surface area contributed by atoms with Crippen molar-refractivity contribution in [3.05, 3.63) is 87.8 Å². The fourth-order valence-electron chi connectivity index (χ4n) is 4.57. The molecule has 3 heterocycles. The highest BCUT2D eigenvalue weighted by molar-refractivity contribution is 7.91. The standard InChI is InChI=1S/C26H23N7O3S/c27-13-18-8-9-19(14-28)20(11-18)15-32-25(34)24-12-23(37(35,36)22-6-2-1-3-7-22)17-33(24)30-26(32)31-10-4-5-21(29)16-31/h1-3,6-9,11-12,17,21H,4-5,10,15-16,29H2/t21-/m1/s1. The predicted octanol–water partition coefficient (Wildman–Crippen LogP) is 2.05. The van der Waals surface area contributed by atoms with Crippen LogP contribution in [0.15, 0.2) is 75.4 Å². The van der Waals surface area contributed by atoms with E-state index in [-0.39, 0.29) is 27.9 Å². The Labute approximate surface area is 213 Å². The first-order valence-electron chi connectivity index (χ1n) is 11.7. The number of rotatable bonds is 5. The highest BCUT2D eigenvalue weighted by Crippen LogP contribution is 2.24. The van der Waals surface area contributed by atoms with Crippen molar-refractivity contribution < 1.29 is 8.42 Å². The van der Waals surface area contributed by atoms with Crippen molar-refractivity contribution in [2.75, 3.05) is 18.0 Å². The Morgan fingerprint density at radius 2 is 1.84 bits per heavy atom. The van der Waals surface area contributed by atoms with Crippen LogP contribution in [0.3, 0.4) is 0 Å². The maximum Gasteiger partial charge on any atom is 0.279 e. The van der Waals surface area contributed by atoms with Crippen molar-refractivity contribution in [1.82, 2.24) is 14.2 Å². The van der Waals surface area contributed by atoms with Crippen LogP contribution >= 0.6 is 0 Å². The van der Waals surface area contributed by atoms with Gasteiger partial charge in [0.05, 0.1) is 39.6 Å². The summed E-state index contributed by atoms with van der Waals surface area (Å²) in [4.78, 5) is 15.8. The number of nitrogens with two attached hydrogens (primary N) is 1. The second-order valence-electron chi connectivity index (χ2n) is 8.96. The van der Waals surface area contributed by atoms with Gasteiger partial charge in [0.1, 0.15) is 5.52 Å². The van der Waals surface area contributed by atoms with Gasteiger partial charge in [0.15, 0.2) is 0 Å². The fourth-order valence-corrected chi connectivity index (χ4v) is 5.87. The highest BCUT2D eigenvalue weighted by atomic mass is 32.2. The minimum atomic E-state index is -3.88. The van der Waals surface area contributed by atoms with Gasteiger partial charge in [-0.05, 0) is 54.8 Å². The van der Waals surface area contributed by atoms with Crippen molar-refractivity contribution in [1.29, 1.82) is 10.5 Å². The Morgan fingerprint density at radius 3 is 2.54 bits per heavy atom. The third-order valence-corrected chi connectivity index (χ3v) is 8.20. The monoisotopic (exact) mass is 513 g/mol. The number of aromatic nitrogens is 3. The summed E-state index contributed by atoms with van der Waals surface area (Å²) < 4.78 is 29.2. The third-order valence-electron chi connectivity index (χ3n) is 6.47. The van der Waals surface area contributed by atoms with Gasteiger partial charge in [-0.25, -0.2) is 12.9 Å². The summed E-state index contributed by atoms with van der Waals surface area (Å²) in [5.74, 6) is 0.318. The van der Waals surface area contributed by atoms with Crippen molar-refractivity contribution in [2.45, 2.75) is 35.2 Å². The Balaban J connectivity index is 1.70. The van der Waals surface area contributed by atoms with Crippen LogP contribution in [0.2, 0.25) is 0 Å². The number of piperidine rings is 1. The van der Waals surface area contributed by atoms with E-state index in [1.807, 2.05) is 4.90 Å². The van der Waals surface area contributed by atoms with Crippen molar-refractivity contribution in [2.24, 2.45) is 5.73 Å². The molecule has 4 aromatic rings. The first-order chi connectivity index (χ1) is 17.8. The molecule has 186 valence electrons. The average Bonchev–Trinajstić information content (AvgIpc) is 3.36. The van der Waals surface area contributed by atoms with Crippen molar-refractivity contribution in [3.63, 3.8) is 0 Å². The van der Waals surface area contributed by atoms with Gasteiger partial charge in [-0.2, -0.15) is 10.5 Å². The summed E-state index contributed by atoms with van der Waals surface area (Å²) >= 11 is 0. The van der Waals surface area contributed by atoms with Gasteiger partial charge in [0.25, 0.3) is 5.56 Å². The molecule has 0 radical (unpaired) electrons. The largest absolute Gasteiger partial charge is 0.339 e. The molecule has 10 nitrogen and oxygen atoms in total. The van der Waals surface area contributed by atoms with E-state index in [1.165, 1.54) is 33.5 Å². The molecule has 37 heavy (non-hydrogen) atoms. The summed E-state index contributed by atoms with van der Waals surface area (Å²) in [5, 5.41) is 23.6. The van der Waals surface area contributed by atoms with Gasteiger partial charge in [-0.3, -0.25) is 9.36 Å². The Kier molecular flexibility index (Phi) is 6.25. The zero-order valence-electron chi connectivity index (χ0n) is 19.8. The third kappa shape index (κ3) is 4.47. The van der Waals surface area contributed by atoms with E-state index in [9.17, 15) is 23.7 Å². The summed E-state index contributed by atoms with van der Waals surface area (Å²) in [7, 11) is -3.88. The van der Waals surface area contributed by atoms with Crippen LogP contribution < -0.4 is 16.2 Å². The van der Waals surface area contributed by atoms with E-state index in [0.717, 1.165) is 12.8 Å². The Bertz CT molecular complexity index is 1750. The lowest BCUT2D eigenvalue weighted by atomic mass is 10.0. The van der Waals surface area contributed by atoms with Gasteiger partial charge >= 0.3 is 0 Å². The first kappa shape index (κ1) is 24.3. The number of sulfone groups is 1. The fraction of sp³-hybridized carbons (Fsp3) is 0.231. The summed E-state index contributed by atoms with van der Waals surface area (Å²) in [5.41, 5.74) is 6.99. The van der Waals surface area contributed by atoms with Gasteiger partial charge in [-0.1, -0.05) is 18.2 Å². The van der Waals surface area contributed by atoms with Gasteiger partial charge in [-0.15, -0.1) is 5.10 Å². The average molecular weight is 514 g/mol. The molecule has 0 saturated carbocycles. The van der Waals surface area contributed by atoms with Gasteiger partial charge < -0.3 is 10.6 Å². The molecule has 0 spiro atoms. The molecule has 1 saturated heterocycles. The van der Waals surface area contributed by atoms with E-state index in [1.54, 1.807) is 36.4 Å². The SMILES string of the molecule is N#Cc1ccc(C#N)c(Cn2c(N3CCC[C@@H](N)C3)nn3cc(S(=O)(=O)c4ccccc4)cc3c2=O)c1. The number of nitriles is 2. The van der Waals surface area contributed by atoms with E-state index in [0.29, 0.717) is 35.7 Å². The van der Waals surface area contributed by atoms with Crippen LogP contribution in [0.5, 0.6) is 0 Å². The summed E-state index contributed by atoms with van der Waals surface area (Å²) in [6.07, 6.45) is 2.99. The zero-order chi connectivity index (χ0) is 26.2. The zero-order valence-corrected chi connectivity index (χ0v) is 20.6. The quantitative estimate of drug-likeness (QED) is 0.426. The molecule has 0 unspecified atom stereocenters. The molecular weight excluding hydrogens is 490 g/mol. The molecule has 1 fully saturated rings. The molecular formula is C26H23N7O3S. The highest BCUT2D eigenvalue weighted by Gasteiger charge is 2.26. The van der Waals surface area contributed by atoms with E-state index >= 15 is 0 Å². The minimum absolute atomic E-state index is 0.0201. The van der Waals surface area contributed by atoms with Gasteiger partial charge in [0, 0.05) is 25.3 Å². The van der Waals surface area contributed by atoms with Crippen LogP contribution in [-0.4, -0.2) is 41.7 Å². The number of fused-ring (bicyclic) bond motifs is 1. The van der Waals surface area contributed by atoms with Gasteiger partial charge in [0.2, 0.25) is 15.8 Å². The topological polar surface area (TPSA) is 150 Å². The summed E-state index contributed by atoms with van der Waals surface area (Å²) in [6, 6.07) is 18.0. The molecule has 2 aromatic heterocycles. The van der Waals surface area contributed by atoms with Crippen molar-refractivity contribution in [3.8, 4) is 12.1 Å². The lowest BCUT2D eigenvalue weighted by Crippen LogP contribution is -2.46. The molecule has 2 aromatic carbocycles. The second-order valence-corrected chi connectivity index (χ2v) is 10.9. The molecule has 11 heteroatoms. The molecule has 0 aliphatic carbocycles. The smallest absolute Gasteiger partial charge is 0.279 e. The lowest BCUT2D eigenvalue weighted by molar-refractivity contribution is 0.487. The molecule has 5 rings (SSSR count). The predicted molar refractivity (Wildman–Crippen MR) is 136 cm³/mol. The molecule has 0 bridgehead atoms. The molecule has 1 atom stereocenters. The Morgan fingerprint density at radius 1 is 1.05 bits per heavy atom. The molecule has 1 aliphatic heterocycles. The number of hydrogen-bond donors (Lipinski definition) is 1. The number of hydrogen-bond acceptors (Lipinski definition) is 8. The maximum absolute atomic E-state index is 13.8. The number of anilines is 1. The molecule has 0 amide bonds. The first-order valence-corrected chi connectivity index (χ1v) is 13.2. The van der Waals surface area contributed by atoms with Crippen LogP contribution in [0.25, 0.3) is 5.52 Å². The van der Waals surface area contributed by atoms with Crippen LogP contribution in [0.1, 0.15) is 29.5 Å². The lowest BCUT2D eigenvalue weighted by Gasteiger charge is -2.32. The second kappa shape index (κ2) is 9.54. The minimum Gasteiger partial charge on any atom is -0.339 e. The van der Waals surface area contributed by atoms with Crippen LogP contribution in [0.4, 0.5) is 5.95 Å². The van der Waals surface area contributed by atoms with E-state index in [4.69, 9.17) is 5.73 Å².